The van der Waals surface area contributed by atoms with Gasteiger partial charge in [-0.2, -0.15) is 0 Å². The van der Waals surface area contributed by atoms with Crippen LogP contribution in [0.25, 0.3) is 11.5 Å². The number of amides is 1. The number of rotatable bonds is 7. The Bertz CT molecular complexity index is 943. The molecule has 194 valence electrons. The van der Waals surface area contributed by atoms with E-state index in [1.54, 1.807) is 20.8 Å². The molecule has 1 heterocycles. The molecule has 7 heteroatoms. The summed E-state index contributed by atoms with van der Waals surface area (Å²) in [6, 6.07) is 8.04. The zero-order valence-corrected chi connectivity index (χ0v) is 22.4. The molecule has 0 bridgehead atoms. The third kappa shape index (κ3) is 9.84. The van der Waals surface area contributed by atoms with Gasteiger partial charge in [0.1, 0.15) is 23.6 Å². The largest absolute Gasteiger partial charge is 0.459 e. The van der Waals surface area contributed by atoms with E-state index in [0.29, 0.717) is 18.9 Å². The van der Waals surface area contributed by atoms with Gasteiger partial charge in [-0.3, -0.25) is 9.59 Å². The quantitative estimate of drug-likeness (QED) is 0.490. The molecule has 1 aliphatic carbocycles. The van der Waals surface area contributed by atoms with Crippen LogP contribution in [0.5, 0.6) is 0 Å². The van der Waals surface area contributed by atoms with Crippen LogP contribution in [0.2, 0.25) is 0 Å². The van der Waals surface area contributed by atoms with Crippen molar-refractivity contribution in [3.8, 4) is 11.5 Å². The summed E-state index contributed by atoms with van der Waals surface area (Å²) >= 11 is 0. The van der Waals surface area contributed by atoms with Crippen LogP contribution >= 0.6 is 0 Å². The van der Waals surface area contributed by atoms with Gasteiger partial charge in [0.25, 0.3) is 0 Å². The number of oxazole rings is 1. The molecule has 1 N–H and O–H groups in total. The van der Waals surface area contributed by atoms with Crippen molar-refractivity contribution in [1.82, 2.24) is 10.3 Å². The summed E-state index contributed by atoms with van der Waals surface area (Å²) in [6.45, 7) is 13.8. The van der Waals surface area contributed by atoms with Crippen molar-refractivity contribution >= 4 is 11.9 Å². The van der Waals surface area contributed by atoms with Crippen LogP contribution in [-0.2, 0) is 25.7 Å². The van der Waals surface area contributed by atoms with Crippen molar-refractivity contribution in [3.05, 3.63) is 41.3 Å². The number of ether oxygens (including phenoxy) is 2. The highest BCUT2D eigenvalue weighted by Gasteiger charge is 2.29. The number of aryl methyl sites for hydroxylation is 2. The second-order valence-electron chi connectivity index (χ2n) is 10.2. The molecule has 2 atom stereocenters. The minimum atomic E-state index is -0.565. The number of carbonyl (C=O) groups is 2. The summed E-state index contributed by atoms with van der Waals surface area (Å²) in [4.78, 5) is 29.0. The molecule has 2 aromatic rings. The zero-order chi connectivity index (χ0) is 26.0. The van der Waals surface area contributed by atoms with Crippen LogP contribution in [0.4, 0.5) is 0 Å². The average molecular weight is 487 g/mol. The molecule has 0 spiro atoms. The number of hydrogen-bond donors (Lipinski definition) is 1. The molecule has 0 saturated heterocycles. The second kappa shape index (κ2) is 13.4. The topological polar surface area (TPSA) is 90.7 Å². The number of aromatic nitrogens is 1. The Morgan fingerprint density at radius 2 is 1.77 bits per heavy atom. The fourth-order valence-electron chi connectivity index (χ4n) is 3.79. The third-order valence-electron chi connectivity index (χ3n) is 5.47. The van der Waals surface area contributed by atoms with E-state index in [1.807, 2.05) is 38.1 Å². The zero-order valence-electron chi connectivity index (χ0n) is 22.4. The first-order valence-corrected chi connectivity index (χ1v) is 12.7. The molecule has 1 aromatic carbocycles. The molecule has 1 saturated carbocycles. The van der Waals surface area contributed by atoms with E-state index < -0.39 is 11.6 Å². The van der Waals surface area contributed by atoms with Gasteiger partial charge in [0, 0.05) is 11.5 Å². The first-order chi connectivity index (χ1) is 16.5. The highest BCUT2D eigenvalue weighted by Crippen LogP contribution is 2.28. The smallest absolute Gasteiger partial charge is 0.325 e. The van der Waals surface area contributed by atoms with Gasteiger partial charge in [0.05, 0.1) is 12.7 Å². The van der Waals surface area contributed by atoms with Crippen molar-refractivity contribution in [2.45, 2.75) is 98.9 Å². The minimum Gasteiger partial charge on any atom is -0.459 e. The van der Waals surface area contributed by atoms with Gasteiger partial charge in [0.15, 0.2) is 0 Å². The molecular weight excluding hydrogens is 444 g/mol. The lowest BCUT2D eigenvalue weighted by Crippen LogP contribution is -2.40. The molecule has 35 heavy (non-hydrogen) atoms. The van der Waals surface area contributed by atoms with Gasteiger partial charge in [-0.15, -0.1) is 0 Å². The predicted molar refractivity (Wildman–Crippen MR) is 137 cm³/mol. The fraction of sp³-hybridized carbons (Fsp3) is 0.607. The highest BCUT2D eigenvalue weighted by atomic mass is 16.6. The molecule has 1 aromatic heterocycles. The normalized spacial score (nSPS) is 17.8. The second-order valence-corrected chi connectivity index (χ2v) is 10.2. The average Bonchev–Trinajstić information content (AvgIpc) is 3.16. The van der Waals surface area contributed by atoms with E-state index in [2.05, 4.69) is 24.1 Å². The number of esters is 1. The van der Waals surface area contributed by atoms with Gasteiger partial charge >= 0.3 is 5.97 Å². The van der Waals surface area contributed by atoms with E-state index in [1.165, 1.54) is 12.0 Å². The number of nitrogens with one attached hydrogen (secondary N) is 1. The van der Waals surface area contributed by atoms with Crippen molar-refractivity contribution in [2.24, 2.45) is 5.92 Å². The van der Waals surface area contributed by atoms with E-state index in [0.717, 1.165) is 36.3 Å². The summed E-state index contributed by atoms with van der Waals surface area (Å²) in [7, 11) is 0. The lowest BCUT2D eigenvalue weighted by Gasteiger charge is -2.28. The molecule has 0 radical (unpaired) electrons. The Balaban J connectivity index is 0.00000137. The molecular formula is C28H42N2O5. The van der Waals surface area contributed by atoms with Gasteiger partial charge in [-0.1, -0.05) is 44.4 Å². The summed E-state index contributed by atoms with van der Waals surface area (Å²) < 4.78 is 17.2. The summed E-state index contributed by atoms with van der Waals surface area (Å²) in [6.07, 6.45) is 4.45. The van der Waals surface area contributed by atoms with Gasteiger partial charge in [-0.05, 0) is 66.0 Å². The van der Waals surface area contributed by atoms with Crippen LogP contribution < -0.4 is 5.32 Å². The summed E-state index contributed by atoms with van der Waals surface area (Å²) in [5, 5.41) is 2.71. The highest BCUT2D eigenvalue weighted by molar-refractivity contribution is 5.83. The first-order valence-electron chi connectivity index (χ1n) is 12.7. The van der Waals surface area contributed by atoms with Crippen molar-refractivity contribution in [1.29, 1.82) is 0 Å². The fourth-order valence-corrected chi connectivity index (χ4v) is 3.79. The molecule has 1 aliphatic rings. The van der Waals surface area contributed by atoms with Crippen LogP contribution in [0.3, 0.4) is 0 Å². The Labute approximate surface area is 210 Å². The molecule has 3 rings (SSSR count). The van der Waals surface area contributed by atoms with Crippen LogP contribution in [-0.4, -0.2) is 35.1 Å². The van der Waals surface area contributed by atoms with E-state index in [4.69, 9.17) is 13.9 Å². The number of benzene rings is 1. The lowest BCUT2D eigenvalue weighted by atomic mass is 9.86. The van der Waals surface area contributed by atoms with Crippen molar-refractivity contribution < 1.29 is 23.5 Å². The maximum Gasteiger partial charge on any atom is 0.325 e. The number of nitrogens with zero attached hydrogens (tertiary/aromatic N) is 1. The molecule has 1 fully saturated rings. The van der Waals surface area contributed by atoms with Crippen LogP contribution in [0.1, 0.15) is 83.7 Å². The first kappa shape index (κ1) is 28.6. The molecule has 0 aliphatic heterocycles. The van der Waals surface area contributed by atoms with E-state index >= 15 is 0 Å². The van der Waals surface area contributed by atoms with Crippen molar-refractivity contribution in [2.75, 3.05) is 6.54 Å². The maximum atomic E-state index is 12.5. The number of hydrogen-bond acceptors (Lipinski definition) is 6. The standard InChI is InChI=1S/C25H34N2O5.C3H8/c1-16-9-11-18(12-10-16)24-27-21(17(2)31-24)15-30-20-8-6-7-19(13-20)23(29)26-14-22(28)32-25(3,4)5;1-3-2/h9-12,19-20H,6-8,13-15H2,1-5H3,(H,26,29);3H2,1-2H3. The van der Waals surface area contributed by atoms with Crippen LogP contribution in [0, 0.1) is 19.8 Å². The maximum absolute atomic E-state index is 12.5. The molecule has 7 nitrogen and oxygen atoms in total. The van der Waals surface area contributed by atoms with Gasteiger partial charge in [0.2, 0.25) is 11.8 Å². The SMILES string of the molecule is CCC.Cc1ccc(-c2nc(COC3CCCC(C(=O)NCC(=O)OC(C)(C)C)C3)c(C)o2)cc1. The third-order valence-corrected chi connectivity index (χ3v) is 5.47. The van der Waals surface area contributed by atoms with Crippen molar-refractivity contribution in [3.63, 3.8) is 0 Å². The minimum absolute atomic E-state index is 0.0278. The summed E-state index contributed by atoms with van der Waals surface area (Å²) in [5.41, 5.74) is 2.33. The molecule has 2 unspecified atom stereocenters. The van der Waals surface area contributed by atoms with E-state index in [-0.39, 0.29) is 24.5 Å². The number of carbonyl (C=O) groups excluding carboxylic acids is 2. The van der Waals surface area contributed by atoms with E-state index in [9.17, 15) is 9.59 Å². The Kier molecular flexibility index (Phi) is 11.0. The Morgan fingerprint density at radius 1 is 1.11 bits per heavy atom. The Hall–Kier alpha value is -2.67. The van der Waals surface area contributed by atoms with Crippen LogP contribution in [0.15, 0.2) is 28.7 Å². The Morgan fingerprint density at radius 3 is 2.40 bits per heavy atom. The van der Waals surface area contributed by atoms with Gasteiger partial charge < -0.3 is 19.2 Å². The predicted octanol–water partition coefficient (Wildman–Crippen LogP) is 5.91. The lowest BCUT2D eigenvalue weighted by molar-refractivity contribution is -0.154. The molecule has 1 amide bonds. The van der Waals surface area contributed by atoms with Gasteiger partial charge in [-0.25, -0.2) is 4.98 Å². The monoisotopic (exact) mass is 486 g/mol. The summed E-state index contributed by atoms with van der Waals surface area (Å²) in [5.74, 6) is 0.605.